The van der Waals surface area contributed by atoms with Crippen LogP contribution in [0.15, 0.2) is 6.20 Å². The summed E-state index contributed by atoms with van der Waals surface area (Å²) >= 11 is 1.72. The minimum atomic E-state index is -0.667. The Balaban J connectivity index is 1.99. The molecule has 1 N–H and O–H groups in total. The molecule has 2 atom stereocenters. The van der Waals surface area contributed by atoms with E-state index in [1.54, 1.807) is 11.3 Å². The highest BCUT2D eigenvalue weighted by molar-refractivity contribution is 7.15. The fourth-order valence-corrected chi connectivity index (χ4v) is 4.08. The molecular formula is C15H25N3O2S. The van der Waals surface area contributed by atoms with E-state index in [9.17, 15) is 9.90 Å². The molecule has 1 aromatic rings. The lowest BCUT2D eigenvalue weighted by Gasteiger charge is -2.34. The summed E-state index contributed by atoms with van der Waals surface area (Å²) in [6.45, 7) is 10.8. The highest BCUT2D eigenvalue weighted by atomic mass is 32.1. The standard InChI is InChI=1S/C15H25N3O2S/c1-4-18(5-2)15-16-7-13(21-15)10-17-8-11(3)6-12(9-17)14(19)20/h7,11-12H,4-6,8-10H2,1-3H3,(H,19,20). The van der Waals surface area contributed by atoms with Crippen LogP contribution in [0.25, 0.3) is 0 Å². The molecule has 0 bridgehead atoms. The average molecular weight is 311 g/mol. The Kier molecular flexibility index (Phi) is 5.58. The summed E-state index contributed by atoms with van der Waals surface area (Å²) < 4.78 is 0. The van der Waals surface area contributed by atoms with Gasteiger partial charge in [-0.3, -0.25) is 9.69 Å². The third-order valence-electron chi connectivity index (χ3n) is 4.04. The number of carbonyl (C=O) groups is 1. The van der Waals surface area contributed by atoms with Crippen molar-refractivity contribution in [2.75, 3.05) is 31.1 Å². The van der Waals surface area contributed by atoms with Crippen LogP contribution in [0, 0.1) is 11.8 Å². The minimum absolute atomic E-state index is 0.232. The van der Waals surface area contributed by atoms with Crippen LogP contribution < -0.4 is 4.90 Å². The Morgan fingerprint density at radius 2 is 2.19 bits per heavy atom. The van der Waals surface area contributed by atoms with E-state index in [4.69, 9.17) is 0 Å². The Morgan fingerprint density at radius 3 is 2.81 bits per heavy atom. The van der Waals surface area contributed by atoms with Gasteiger partial charge in [-0.05, 0) is 26.2 Å². The molecule has 6 heteroatoms. The molecule has 0 amide bonds. The van der Waals surface area contributed by atoms with Crippen molar-refractivity contribution in [2.45, 2.75) is 33.7 Å². The van der Waals surface area contributed by atoms with Crippen LogP contribution in [-0.2, 0) is 11.3 Å². The fraction of sp³-hybridized carbons (Fsp3) is 0.733. The maximum atomic E-state index is 11.2. The number of aromatic nitrogens is 1. The summed E-state index contributed by atoms with van der Waals surface area (Å²) in [6.07, 6.45) is 2.73. The number of piperidine rings is 1. The molecule has 0 radical (unpaired) electrons. The van der Waals surface area contributed by atoms with Crippen LogP contribution >= 0.6 is 11.3 Å². The lowest BCUT2D eigenvalue weighted by atomic mass is 9.90. The van der Waals surface area contributed by atoms with Gasteiger partial charge >= 0.3 is 5.97 Å². The van der Waals surface area contributed by atoms with Crippen LogP contribution in [-0.4, -0.2) is 47.1 Å². The van der Waals surface area contributed by atoms with Gasteiger partial charge in [0.2, 0.25) is 0 Å². The van der Waals surface area contributed by atoms with E-state index >= 15 is 0 Å². The molecule has 2 rings (SSSR count). The molecule has 1 aliphatic rings. The molecule has 0 aromatic carbocycles. The van der Waals surface area contributed by atoms with Gasteiger partial charge in [-0.1, -0.05) is 6.92 Å². The van der Waals surface area contributed by atoms with Crippen molar-refractivity contribution in [2.24, 2.45) is 11.8 Å². The van der Waals surface area contributed by atoms with Gasteiger partial charge in [-0.25, -0.2) is 4.98 Å². The summed E-state index contributed by atoms with van der Waals surface area (Å²) in [5.74, 6) is -0.460. The normalized spacial score (nSPS) is 23.2. The van der Waals surface area contributed by atoms with Crippen molar-refractivity contribution in [3.8, 4) is 0 Å². The molecule has 1 saturated heterocycles. The van der Waals surface area contributed by atoms with Gasteiger partial charge in [-0.15, -0.1) is 11.3 Å². The first kappa shape index (κ1) is 16.2. The molecule has 2 heterocycles. The summed E-state index contributed by atoms with van der Waals surface area (Å²) in [7, 11) is 0. The number of likely N-dealkylation sites (tertiary alicyclic amines) is 1. The smallest absolute Gasteiger partial charge is 0.307 e. The van der Waals surface area contributed by atoms with Gasteiger partial charge in [0.15, 0.2) is 5.13 Å². The molecule has 1 fully saturated rings. The second kappa shape index (κ2) is 7.22. The lowest BCUT2D eigenvalue weighted by molar-refractivity contribution is -0.144. The second-order valence-electron chi connectivity index (χ2n) is 5.85. The number of anilines is 1. The Hall–Kier alpha value is -1.14. The molecule has 1 aliphatic heterocycles. The van der Waals surface area contributed by atoms with Crippen LogP contribution in [0.1, 0.15) is 32.1 Å². The molecule has 0 aliphatic carbocycles. The molecule has 0 spiro atoms. The zero-order valence-electron chi connectivity index (χ0n) is 13.1. The summed E-state index contributed by atoms with van der Waals surface area (Å²) in [5.41, 5.74) is 0. The van der Waals surface area contributed by atoms with E-state index in [-0.39, 0.29) is 5.92 Å². The van der Waals surface area contributed by atoms with Crippen molar-refractivity contribution < 1.29 is 9.90 Å². The first-order valence-corrected chi connectivity index (χ1v) is 8.49. The summed E-state index contributed by atoms with van der Waals surface area (Å²) in [6, 6.07) is 0. The fourth-order valence-electron chi connectivity index (χ4n) is 3.00. The first-order chi connectivity index (χ1) is 10.0. The van der Waals surface area contributed by atoms with Gasteiger partial charge in [0.05, 0.1) is 5.92 Å². The number of aliphatic carboxylic acids is 1. The quantitative estimate of drug-likeness (QED) is 0.875. The van der Waals surface area contributed by atoms with E-state index in [0.717, 1.165) is 37.7 Å². The Morgan fingerprint density at radius 1 is 1.48 bits per heavy atom. The average Bonchev–Trinajstić information content (AvgIpc) is 2.88. The molecule has 0 saturated carbocycles. The Labute approximate surface area is 130 Å². The van der Waals surface area contributed by atoms with E-state index < -0.39 is 5.97 Å². The molecule has 1 aromatic heterocycles. The van der Waals surface area contributed by atoms with Crippen LogP contribution in [0.5, 0.6) is 0 Å². The number of hydrogen-bond donors (Lipinski definition) is 1. The summed E-state index contributed by atoms with van der Waals surface area (Å²) in [4.78, 5) is 21.4. The monoisotopic (exact) mass is 311 g/mol. The second-order valence-corrected chi connectivity index (χ2v) is 6.95. The lowest BCUT2D eigenvalue weighted by Crippen LogP contribution is -2.41. The zero-order valence-corrected chi connectivity index (χ0v) is 13.9. The van der Waals surface area contributed by atoms with Crippen molar-refractivity contribution in [1.29, 1.82) is 0 Å². The number of carboxylic acids is 1. The van der Waals surface area contributed by atoms with Crippen molar-refractivity contribution in [1.82, 2.24) is 9.88 Å². The van der Waals surface area contributed by atoms with Gasteiger partial charge in [0.25, 0.3) is 0 Å². The van der Waals surface area contributed by atoms with Crippen molar-refractivity contribution in [3.05, 3.63) is 11.1 Å². The van der Waals surface area contributed by atoms with E-state index in [0.29, 0.717) is 12.5 Å². The third-order valence-corrected chi connectivity index (χ3v) is 5.08. The van der Waals surface area contributed by atoms with Gasteiger partial charge in [0, 0.05) is 43.8 Å². The Bertz CT molecular complexity index is 473. The molecule has 5 nitrogen and oxygen atoms in total. The third kappa shape index (κ3) is 4.17. The minimum Gasteiger partial charge on any atom is -0.481 e. The van der Waals surface area contributed by atoms with Gasteiger partial charge < -0.3 is 10.0 Å². The number of carboxylic acid groups (broad SMARTS) is 1. The zero-order chi connectivity index (χ0) is 15.4. The number of rotatable bonds is 6. The maximum absolute atomic E-state index is 11.2. The van der Waals surface area contributed by atoms with Crippen LogP contribution in [0.2, 0.25) is 0 Å². The SMILES string of the molecule is CCN(CC)c1ncc(CN2CC(C)CC(C(=O)O)C2)s1. The van der Waals surface area contributed by atoms with E-state index in [1.807, 2.05) is 6.20 Å². The molecule has 21 heavy (non-hydrogen) atoms. The van der Waals surface area contributed by atoms with Crippen LogP contribution in [0.3, 0.4) is 0 Å². The summed E-state index contributed by atoms with van der Waals surface area (Å²) in [5, 5.41) is 10.3. The molecule has 118 valence electrons. The van der Waals surface area contributed by atoms with Crippen LogP contribution in [0.4, 0.5) is 5.13 Å². The first-order valence-electron chi connectivity index (χ1n) is 7.68. The number of thiazole rings is 1. The number of nitrogens with zero attached hydrogens (tertiary/aromatic N) is 3. The van der Waals surface area contributed by atoms with E-state index in [1.165, 1.54) is 4.88 Å². The van der Waals surface area contributed by atoms with Gasteiger partial charge in [0.1, 0.15) is 0 Å². The highest BCUT2D eigenvalue weighted by Gasteiger charge is 2.29. The number of hydrogen-bond acceptors (Lipinski definition) is 5. The van der Waals surface area contributed by atoms with Gasteiger partial charge in [-0.2, -0.15) is 0 Å². The topological polar surface area (TPSA) is 56.7 Å². The predicted octanol–water partition coefficient (Wildman–Crippen LogP) is 2.53. The molecule has 2 unspecified atom stereocenters. The van der Waals surface area contributed by atoms with Crippen molar-refractivity contribution >= 4 is 22.4 Å². The molecular weight excluding hydrogens is 286 g/mol. The maximum Gasteiger partial charge on any atom is 0.307 e. The highest BCUT2D eigenvalue weighted by Crippen LogP contribution is 2.27. The van der Waals surface area contributed by atoms with E-state index in [2.05, 4.69) is 35.6 Å². The predicted molar refractivity (Wildman–Crippen MR) is 85.9 cm³/mol. The van der Waals surface area contributed by atoms with Crippen molar-refractivity contribution in [3.63, 3.8) is 0 Å². The largest absolute Gasteiger partial charge is 0.481 e.